The number of benzene rings is 1. The predicted molar refractivity (Wildman–Crippen MR) is 66.6 cm³/mol. The third-order valence-corrected chi connectivity index (χ3v) is 2.70. The molecule has 1 aliphatic carbocycles. The quantitative estimate of drug-likeness (QED) is 0.633. The zero-order valence-corrected chi connectivity index (χ0v) is 9.27. The van der Waals surface area contributed by atoms with Crippen LogP contribution in [0.3, 0.4) is 0 Å². The first-order chi connectivity index (χ1) is 7.27. The summed E-state index contributed by atoms with van der Waals surface area (Å²) in [5.41, 5.74) is 4.00. The van der Waals surface area contributed by atoms with Crippen LogP contribution >= 0.6 is 0 Å². The first kappa shape index (κ1) is 9.97. The monoisotopic (exact) mass is 196 g/mol. The summed E-state index contributed by atoms with van der Waals surface area (Å²) in [5, 5.41) is 0. The smallest absolute Gasteiger partial charge is 0.00696 e. The highest BCUT2D eigenvalue weighted by Gasteiger charge is 2.04. The number of aryl methyl sites for hydroxylation is 1. The maximum Gasteiger partial charge on any atom is -0.00696 e. The van der Waals surface area contributed by atoms with Crippen molar-refractivity contribution in [2.24, 2.45) is 5.92 Å². The highest BCUT2D eigenvalue weighted by molar-refractivity contribution is 5.76. The summed E-state index contributed by atoms with van der Waals surface area (Å²) in [7, 11) is 0. The third kappa shape index (κ3) is 2.27. The van der Waals surface area contributed by atoms with E-state index in [1.807, 2.05) is 0 Å². The summed E-state index contributed by atoms with van der Waals surface area (Å²) < 4.78 is 0. The van der Waals surface area contributed by atoms with Crippen molar-refractivity contribution in [3.8, 4) is 0 Å². The molecule has 76 valence electrons. The van der Waals surface area contributed by atoms with E-state index in [1.54, 1.807) is 0 Å². The lowest BCUT2D eigenvalue weighted by Gasteiger charge is -2.07. The largest absolute Gasteiger partial charge is 0.0779 e. The van der Waals surface area contributed by atoms with Gasteiger partial charge in [0.2, 0.25) is 0 Å². The summed E-state index contributed by atoms with van der Waals surface area (Å²) in [6.45, 7) is 4.37. The summed E-state index contributed by atoms with van der Waals surface area (Å²) >= 11 is 0. The number of rotatable bonds is 1. The van der Waals surface area contributed by atoms with Crippen molar-refractivity contribution in [3.63, 3.8) is 0 Å². The molecule has 15 heavy (non-hydrogen) atoms. The van der Waals surface area contributed by atoms with Crippen LogP contribution in [0.5, 0.6) is 0 Å². The van der Waals surface area contributed by atoms with E-state index in [1.165, 1.54) is 16.7 Å². The normalized spacial score (nSPS) is 19.9. The molecule has 0 radical (unpaired) electrons. The second kappa shape index (κ2) is 4.31. The summed E-state index contributed by atoms with van der Waals surface area (Å²) in [6.07, 6.45) is 10.9. The predicted octanol–water partition coefficient (Wildman–Crippen LogP) is 4.14. The summed E-state index contributed by atoms with van der Waals surface area (Å²) in [4.78, 5) is 0. The zero-order chi connectivity index (χ0) is 10.7. The van der Waals surface area contributed by atoms with E-state index < -0.39 is 0 Å². The molecule has 1 atom stereocenters. The van der Waals surface area contributed by atoms with Gasteiger partial charge in [-0.15, -0.1) is 0 Å². The van der Waals surface area contributed by atoms with Gasteiger partial charge in [0.25, 0.3) is 0 Å². The molecule has 1 unspecified atom stereocenters. The topological polar surface area (TPSA) is 0 Å². The first-order valence-electron chi connectivity index (χ1n) is 5.40. The minimum Gasteiger partial charge on any atom is -0.0779 e. The molecule has 1 aromatic carbocycles. The van der Waals surface area contributed by atoms with Gasteiger partial charge in [0.05, 0.1) is 0 Å². The van der Waals surface area contributed by atoms with Gasteiger partial charge in [0, 0.05) is 0 Å². The molecule has 0 bridgehead atoms. The Labute approximate surface area is 91.6 Å². The number of hydrogen-bond donors (Lipinski definition) is 0. The molecule has 0 amide bonds. The lowest BCUT2D eigenvalue weighted by molar-refractivity contribution is 0.945. The standard InChI is InChI=1S/C15H16/c1-12-7-3-5-9-14(11-12)15-10-6-4-8-13(15)2/h3-12H,1-2H3. The van der Waals surface area contributed by atoms with Crippen LogP contribution < -0.4 is 0 Å². The molecule has 0 heteroatoms. The fraction of sp³-hybridized carbons (Fsp3) is 0.200. The second-order valence-electron chi connectivity index (χ2n) is 4.04. The molecule has 0 fully saturated rings. The van der Waals surface area contributed by atoms with Gasteiger partial charge in [-0.1, -0.05) is 61.6 Å². The Morgan fingerprint density at radius 1 is 1.07 bits per heavy atom. The maximum absolute atomic E-state index is 2.31. The van der Waals surface area contributed by atoms with Gasteiger partial charge in [-0.25, -0.2) is 0 Å². The molecule has 0 saturated carbocycles. The molecule has 0 saturated heterocycles. The van der Waals surface area contributed by atoms with E-state index >= 15 is 0 Å². The van der Waals surface area contributed by atoms with Gasteiger partial charge in [0.1, 0.15) is 0 Å². The van der Waals surface area contributed by atoms with Gasteiger partial charge in [-0.05, 0) is 29.5 Å². The zero-order valence-electron chi connectivity index (χ0n) is 9.27. The Morgan fingerprint density at radius 3 is 2.67 bits per heavy atom. The van der Waals surface area contributed by atoms with Crippen LogP contribution in [0.2, 0.25) is 0 Å². The minimum atomic E-state index is 0.509. The number of hydrogen-bond acceptors (Lipinski definition) is 0. The fourth-order valence-corrected chi connectivity index (χ4v) is 1.87. The van der Waals surface area contributed by atoms with E-state index in [-0.39, 0.29) is 0 Å². The molecule has 0 N–H and O–H groups in total. The van der Waals surface area contributed by atoms with Crippen LogP contribution in [0.4, 0.5) is 0 Å². The van der Waals surface area contributed by atoms with Crippen molar-refractivity contribution in [2.45, 2.75) is 13.8 Å². The molecule has 2 rings (SSSR count). The summed E-state index contributed by atoms with van der Waals surface area (Å²) in [6, 6.07) is 8.53. The fourth-order valence-electron chi connectivity index (χ4n) is 1.87. The molecular weight excluding hydrogens is 180 g/mol. The van der Waals surface area contributed by atoms with Crippen molar-refractivity contribution in [1.29, 1.82) is 0 Å². The van der Waals surface area contributed by atoms with Crippen LogP contribution in [0, 0.1) is 12.8 Å². The van der Waals surface area contributed by atoms with Crippen LogP contribution in [0.1, 0.15) is 18.1 Å². The van der Waals surface area contributed by atoms with Crippen LogP contribution in [-0.4, -0.2) is 0 Å². The van der Waals surface area contributed by atoms with E-state index in [0.717, 1.165) is 0 Å². The molecular formula is C15H16. The average Bonchev–Trinajstić information content (AvgIpc) is 2.43. The van der Waals surface area contributed by atoms with Crippen molar-refractivity contribution >= 4 is 5.57 Å². The van der Waals surface area contributed by atoms with Crippen LogP contribution in [0.25, 0.3) is 5.57 Å². The molecule has 0 heterocycles. The average molecular weight is 196 g/mol. The maximum atomic E-state index is 2.31. The number of allylic oxidation sites excluding steroid dienone is 6. The Morgan fingerprint density at radius 2 is 1.87 bits per heavy atom. The van der Waals surface area contributed by atoms with Gasteiger partial charge >= 0.3 is 0 Å². The minimum absolute atomic E-state index is 0.509. The molecule has 0 aliphatic heterocycles. The molecule has 0 spiro atoms. The molecule has 1 aliphatic rings. The van der Waals surface area contributed by atoms with E-state index in [9.17, 15) is 0 Å². The van der Waals surface area contributed by atoms with E-state index in [2.05, 4.69) is 68.5 Å². The SMILES string of the molecule is Cc1ccccc1C1=CC(C)C=CC=C1. The highest BCUT2D eigenvalue weighted by atomic mass is 14.1. The summed E-state index contributed by atoms with van der Waals surface area (Å²) in [5.74, 6) is 0.509. The first-order valence-corrected chi connectivity index (χ1v) is 5.40. The Bertz CT molecular complexity index is 433. The van der Waals surface area contributed by atoms with Gasteiger partial charge in [0.15, 0.2) is 0 Å². The highest BCUT2D eigenvalue weighted by Crippen LogP contribution is 2.23. The Hall–Kier alpha value is -1.56. The van der Waals surface area contributed by atoms with Crippen LogP contribution in [0.15, 0.2) is 54.6 Å². The van der Waals surface area contributed by atoms with Crippen molar-refractivity contribution < 1.29 is 0 Å². The third-order valence-electron chi connectivity index (χ3n) is 2.70. The van der Waals surface area contributed by atoms with Crippen molar-refractivity contribution in [1.82, 2.24) is 0 Å². The van der Waals surface area contributed by atoms with Gasteiger partial charge in [-0.2, -0.15) is 0 Å². The van der Waals surface area contributed by atoms with E-state index in [4.69, 9.17) is 0 Å². The Balaban J connectivity index is 2.43. The Kier molecular flexibility index (Phi) is 2.86. The van der Waals surface area contributed by atoms with Crippen molar-refractivity contribution in [3.05, 3.63) is 65.8 Å². The van der Waals surface area contributed by atoms with Crippen molar-refractivity contribution in [2.75, 3.05) is 0 Å². The molecule has 0 aromatic heterocycles. The lowest BCUT2D eigenvalue weighted by Crippen LogP contribution is -1.88. The molecule has 1 aromatic rings. The second-order valence-corrected chi connectivity index (χ2v) is 4.04. The van der Waals surface area contributed by atoms with Gasteiger partial charge in [-0.3, -0.25) is 0 Å². The van der Waals surface area contributed by atoms with Gasteiger partial charge < -0.3 is 0 Å². The lowest BCUT2D eigenvalue weighted by atomic mass is 9.98. The molecule has 0 nitrogen and oxygen atoms in total. The van der Waals surface area contributed by atoms with Crippen LogP contribution in [-0.2, 0) is 0 Å². The van der Waals surface area contributed by atoms with E-state index in [0.29, 0.717) is 5.92 Å².